The normalized spacial score (nSPS) is 16.5. The van der Waals surface area contributed by atoms with E-state index in [2.05, 4.69) is 5.32 Å². The first-order valence-corrected chi connectivity index (χ1v) is 5.54. The van der Waals surface area contributed by atoms with E-state index in [1.54, 1.807) is 6.92 Å². The van der Waals surface area contributed by atoms with Gasteiger partial charge in [0.2, 0.25) is 11.8 Å². The number of anilines is 1. The lowest BCUT2D eigenvalue weighted by Gasteiger charge is -2.28. The number of nitrogens with one attached hydrogen (secondary N) is 1. The van der Waals surface area contributed by atoms with Gasteiger partial charge in [0, 0.05) is 5.69 Å². The minimum Gasteiger partial charge on any atom is -0.345 e. The van der Waals surface area contributed by atoms with Crippen LogP contribution in [-0.2, 0) is 15.8 Å². The predicted molar refractivity (Wildman–Crippen MR) is 61.5 cm³/mol. The lowest BCUT2D eigenvalue weighted by molar-refractivity contribution is -0.137. The summed E-state index contributed by atoms with van der Waals surface area (Å²) in [6.45, 7) is 1.13. The quantitative estimate of drug-likeness (QED) is 0.841. The molecule has 4 nitrogen and oxygen atoms in total. The molecule has 0 radical (unpaired) electrons. The van der Waals surface area contributed by atoms with Gasteiger partial charge in [-0.05, 0) is 24.6 Å². The van der Waals surface area contributed by atoms with Crippen LogP contribution in [0.3, 0.4) is 0 Å². The topological polar surface area (TPSA) is 49.4 Å². The van der Waals surface area contributed by atoms with Crippen molar-refractivity contribution in [1.82, 2.24) is 5.32 Å². The van der Waals surface area contributed by atoms with Crippen LogP contribution in [0.15, 0.2) is 18.2 Å². The minimum absolute atomic E-state index is 0.120. The average molecular weight is 272 g/mol. The Morgan fingerprint density at radius 3 is 2.58 bits per heavy atom. The standard InChI is InChI=1S/C12H11F3N2O2/c1-7-2-3-8(12(13,14)15)4-9(7)17-6-10(18)16-5-11(17)19/h2-4H,5-6H2,1H3,(H,16,18). The van der Waals surface area contributed by atoms with Crippen LogP contribution >= 0.6 is 0 Å². The maximum atomic E-state index is 12.7. The van der Waals surface area contributed by atoms with Crippen molar-refractivity contribution in [3.63, 3.8) is 0 Å². The SMILES string of the molecule is Cc1ccc(C(F)(F)F)cc1N1CC(=O)NCC1=O. The first-order chi connectivity index (χ1) is 8.79. The van der Waals surface area contributed by atoms with Crippen LogP contribution < -0.4 is 10.2 Å². The molecule has 0 unspecified atom stereocenters. The molecule has 1 aromatic rings. The molecule has 19 heavy (non-hydrogen) atoms. The molecular formula is C12H11F3N2O2. The van der Waals surface area contributed by atoms with E-state index in [9.17, 15) is 22.8 Å². The van der Waals surface area contributed by atoms with Crippen LogP contribution in [0.1, 0.15) is 11.1 Å². The Balaban J connectivity index is 2.43. The summed E-state index contributed by atoms with van der Waals surface area (Å²) in [7, 11) is 0. The first-order valence-electron chi connectivity index (χ1n) is 5.54. The molecule has 1 aliphatic heterocycles. The van der Waals surface area contributed by atoms with E-state index < -0.39 is 23.6 Å². The third-order valence-corrected chi connectivity index (χ3v) is 2.87. The highest BCUT2D eigenvalue weighted by Gasteiger charge is 2.33. The van der Waals surface area contributed by atoms with Gasteiger partial charge in [-0.1, -0.05) is 6.07 Å². The third kappa shape index (κ3) is 2.69. The number of benzene rings is 1. The van der Waals surface area contributed by atoms with Gasteiger partial charge >= 0.3 is 6.18 Å². The summed E-state index contributed by atoms with van der Waals surface area (Å²) in [6, 6.07) is 3.14. The zero-order valence-electron chi connectivity index (χ0n) is 10.0. The highest BCUT2D eigenvalue weighted by atomic mass is 19.4. The van der Waals surface area contributed by atoms with Crippen molar-refractivity contribution in [3.05, 3.63) is 29.3 Å². The molecule has 1 aliphatic rings. The number of aryl methyl sites for hydroxylation is 1. The minimum atomic E-state index is -4.48. The van der Waals surface area contributed by atoms with Gasteiger partial charge in [0.05, 0.1) is 12.1 Å². The lowest BCUT2D eigenvalue weighted by Crippen LogP contribution is -2.52. The largest absolute Gasteiger partial charge is 0.416 e. The van der Waals surface area contributed by atoms with Gasteiger partial charge in [-0.3, -0.25) is 9.59 Å². The molecule has 1 aromatic carbocycles. The molecule has 1 fully saturated rings. The Morgan fingerprint density at radius 1 is 1.26 bits per heavy atom. The van der Waals surface area contributed by atoms with Crippen LogP contribution in [0.5, 0.6) is 0 Å². The summed E-state index contributed by atoms with van der Waals surface area (Å²) >= 11 is 0. The molecule has 0 saturated carbocycles. The van der Waals surface area contributed by atoms with Crippen molar-refractivity contribution < 1.29 is 22.8 Å². The number of hydrogen-bond donors (Lipinski definition) is 1. The smallest absolute Gasteiger partial charge is 0.345 e. The van der Waals surface area contributed by atoms with Crippen LogP contribution in [0.4, 0.5) is 18.9 Å². The average Bonchev–Trinajstić information content (AvgIpc) is 2.32. The maximum absolute atomic E-state index is 12.7. The molecule has 0 spiro atoms. The van der Waals surface area contributed by atoms with Gasteiger partial charge in [-0.2, -0.15) is 13.2 Å². The van der Waals surface area contributed by atoms with Crippen LogP contribution in [-0.4, -0.2) is 24.9 Å². The molecule has 0 atom stereocenters. The Labute approximate surface area is 107 Å². The summed E-state index contributed by atoms with van der Waals surface area (Å²) in [5.41, 5.74) is -0.211. The molecule has 1 N–H and O–H groups in total. The number of rotatable bonds is 1. The monoisotopic (exact) mass is 272 g/mol. The van der Waals surface area contributed by atoms with Crippen LogP contribution in [0, 0.1) is 6.92 Å². The maximum Gasteiger partial charge on any atom is 0.416 e. The molecule has 0 aromatic heterocycles. The Morgan fingerprint density at radius 2 is 1.95 bits per heavy atom. The number of amides is 2. The van der Waals surface area contributed by atoms with Gasteiger partial charge in [0.15, 0.2) is 0 Å². The van der Waals surface area contributed by atoms with E-state index in [0.717, 1.165) is 17.0 Å². The van der Waals surface area contributed by atoms with Crippen LogP contribution in [0.2, 0.25) is 0 Å². The van der Waals surface area contributed by atoms with Gasteiger partial charge < -0.3 is 10.2 Å². The highest BCUT2D eigenvalue weighted by molar-refractivity contribution is 6.04. The van der Waals surface area contributed by atoms with E-state index in [0.29, 0.717) is 5.56 Å². The van der Waals surface area contributed by atoms with Crippen molar-refractivity contribution in [2.45, 2.75) is 13.1 Å². The highest BCUT2D eigenvalue weighted by Crippen LogP contribution is 2.33. The molecule has 1 heterocycles. The van der Waals surface area contributed by atoms with E-state index in [1.807, 2.05) is 0 Å². The van der Waals surface area contributed by atoms with E-state index >= 15 is 0 Å². The Hall–Kier alpha value is -2.05. The number of piperazine rings is 1. The molecule has 7 heteroatoms. The Kier molecular flexibility index (Phi) is 3.21. The predicted octanol–water partition coefficient (Wildman–Crippen LogP) is 1.48. The van der Waals surface area contributed by atoms with Gasteiger partial charge in [-0.25, -0.2) is 0 Å². The molecule has 2 amide bonds. The number of carbonyl (C=O) groups excluding carboxylic acids is 2. The van der Waals surface area contributed by atoms with Crippen molar-refractivity contribution in [3.8, 4) is 0 Å². The second-order valence-corrected chi connectivity index (χ2v) is 4.26. The number of alkyl halides is 3. The number of hydrogen-bond acceptors (Lipinski definition) is 2. The Bertz CT molecular complexity index is 540. The fraction of sp³-hybridized carbons (Fsp3) is 0.333. The second kappa shape index (κ2) is 4.56. The lowest BCUT2D eigenvalue weighted by atomic mass is 10.1. The molecule has 0 bridgehead atoms. The number of halogens is 3. The molecule has 102 valence electrons. The summed E-state index contributed by atoms with van der Waals surface area (Å²) < 4.78 is 38.0. The van der Waals surface area contributed by atoms with Crippen molar-refractivity contribution >= 4 is 17.5 Å². The summed E-state index contributed by atoms with van der Waals surface area (Å²) in [5.74, 6) is -0.821. The van der Waals surface area contributed by atoms with Crippen molar-refractivity contribution in [2.24, 2.45) is 0 Å². The fourth-order valence-corrected chi connectivity index (χ4v) is 1.85. The molecular weight excluding hydrogens is 261 g/mol. The van der Waals surface area contributed by atoms with Crippen molar-refractivity contribution in [1.29, 1.82) is 0 Å². The number of nitrogens with zero attached hydrogens (tertiary/aromatic N) is 1. The summed E-state index contributed by atoms with van der Waals surface area (Å²) in [4.78, 5) is 24.0. The summed E-state index contributed by atoms with van der Waals surface area (Å²) in [5, 5.41) is 2.34. The molecule has 1 saturated heterocycles. The molecule has 2 rings (SSSR count). The van der Waals surface area contributed by atoms with Gasteiger partial charge in [0.1, 0.15) is 6.54 Å². The van der Waals surface area contributed by atoms with E-state index in [-0.39, 0.29) is 18.8 Å². The van der Waals surface area contributed by atoms with E-state index in [1.165, 1.54) is 6.07 Å². The fourth-order valence-electron chi connectivity index (χ4n) is 1.85. The van der Waals surface area contributed by atoms with Crippen molar-refractivity contribution in [2.75, 3.05) is 18.0 Å². The first kappa shape index (κ1) is 13.4. The zero-order valence-corrected chi connectivity index (χ0v) is 10.0. The van der Waals surface area contributed by atoms with E-state index in [4.69, 9.17) is 0 Å². The third-order valence-electron chi connectivity index (χ3n) is 2.87. The van der Waals surface area contributed by atoms with Crippen LogP contribution in [0.25, 0.3) is 0 Å². The number of carbonyl (C=O) groups is 2. The molecule has 0 aliphatic carbocycles. The van der Waals surface area contributed by atoms with Gasteiger partial charge in [-0.15, -0.1) is 0 Å². The zero-order chi connectivity index (χ0) is 14.2. The van der Waals surface area contributed by atoms with Gasteiger partial charge in [0.25, 0.3) is 0 Å². The summed E-state index contributed by atoms with van der Waals surface area (Å²) in [6.07, 6.45) is -4.48. The second-order valence-electron chi connectivity index (χ2n) is 4.26.